The van der Waals surface area contributed by atoms with Gasteiger partial charge in [-0.3, -0.25) is 0 Å². The highest BCUT2D eigenvalue weighted by molar-refractivity contribution is 8.00. The number of fused-ring (bicyclic) bond motifs is 1. The number of carbonyl (C=O) groups is 1. The molecular formula is C7H9NO2S. The van der Waals surface area contributed by atoms with Crippen molar-refractivity contribution in [3.8, 4) is 0 Å². The molecular weight excluding hydrogens is 162 g/mol. The minimum absolute atomic E-state index is 0.450. The van der Waals surface area contributed by atoms with Gasteiger partial charge in [-0.25, -0.2) is 4.79 Å². The van der Waals surface area contributed by atoms with Crippen LogP contribution >= 0.6 is 11.8 Å². The van der Waals surface area contributed by atoms with Crippen molar-refractivity contribution in [1.29, 1.82) is 0 Å². The summed E-state index contributed by atoms with van der Waals surface area (Å²) in [5.74, 6) is 0.0676. The monoisotopic (exact) mass is 171 g/mol. The number of hydrogen-bond donors (Lipinski definition) is 1. The molecule has 60 valence electrons. The molecule has 2 rings (SSSR count). The SMILES string of the molecule is O=C(O)C1=CCS[C@@H]2CCN12. The number of carboxylic acid groups (broad SMARTS) is 1. The van der Waals surface area contributed by atoms with Crippen LogP contribution in [0.25, 0.3) is 0 Å². The summed E-state index contributed by atoms with van der Waals surface area (Å²) < 4.78 is 0. The van der Waals surface area contributed by atoms with Gasteiger partial charge in [0.1, 0.15) is 5.70 Å². The Bertz CT molecular complexity index is 226. The quantitative estimate of drug-likeness (QED) is 0.631. The van der Waals surface area contributed by atoms with Crippen LogP contribution in [-0.2, 0) is 4.79 Å². The number of aliphatic carboxylic acids is 1. The lowest BCUT2D eigenvalue weighted by molar-refractivity contribution is -0.135. The predicted octanol–water partition coefficient (Wildman–Crippen LogP) is 0.734. The van der Waals surface area contributed by atoms with E-state index in [9.17, 15) is 4.79 Å². The maximum absolute atomic E-state index is 10.6. The molecule has 4 heteroatoms. The molecule has 1 fully saturated rings. The Kier molecular flexibility index (Phi) is 1.56. The largest absolute Gasteiger partial charge is 0.477 e. The maximum Gasteiger partial charge on any atom is 0.351 e. The highest BCUT2D eigenvalue weighted by Gasteiger charge is 2.34. The molecule has 2 aliphatic heterocycles. The van der Waals surface area contributed by atoms with Crippen LogP contribution in [0.5, 0.6) is 0 Å². The van der Waals surface area contributed by atoms with Crippen molar-refractivity contribution in [3.05, 3.63) is 11.8 Å². The average molecular weight is 171 g/mol. The third-order valence-corrected chi connectivity index (χ3v) is 3.29. The van der Waals surface area contributed by atoms with E-state index in [2.05, 4.69) is 0 Å². The standard InChI is InChI=1S/C7H9NO2S/c9-7(10)5-2-4-11-6-1-3-8(5)6/h2,6H,1,3-4H2,(H,9,10)/t6-/m1/s1. The van der Waals surface area contributed by atoms with Crippen LogP contribution in [0.4, 0.5) is 0 Å². The Balaban J connectivity index is 2.18. The summed E-state index contributed by atoms with van der Waals surface area (Å²) in [6.45, 7) is 0.913. The van der Waals surface area contributed by atoms with E-state index in [1.54, 1.807) is 6.08 Å². The lowest BCUT2D eigenvalue weighted by Gasteiger charge is -2.44. The Hall–Kier alpha value is -0.640. The molecule has 3 nitrogen and oxygen atoms in total. The third-order valence-electron chi connectivity index (χ3n) is 2.06. The fourth-order valence-corrected chi connectivity index (χ4v) is 2.53. The van der Waals surface area contributed by atoms with Crippen LogP contribution in [0, 0.1) is 0 Å². The van der Waals surface area contributed by atoms with E-state index in [4.69, 9.17) is 5.11 Å². The Labute approximate surface area is 69.1 Å². The molecule has 0 aliphatic carbocycles. The fourth-order valence-electron chi connectivity index (χ4n) is 1.38. The molecule has 0 saturated carbocycles. The van der Waals surface area contributed by atoms with Gasteiger partial charge >= 0.3 is 5.97 Å². The minimum atomic E-state index is -0.782. The highest BCUT2D eigenvalue weighted by atomic mass is 32.2. The first kappa shape index (κ1) is 7.03. The average Bonchev–Trinajstić information content (AvgIpc) is 1.90. The van der Waals surface area contributed by atoms with Crippen LogP contribution in [0.2, 0.25) is 0 Å². The van der Waals surface area contributed by atoms with E-state index in [0.717, 1.165) is 18.7 Å². The second kappa shape index (κ2) is 2.44. The van der Waals surface area contributed by atoms with Gasteiger partial charge in [-0.2, -0.15) is 0 Å². The second-order valence-electron chi connectivity index (χ2n) is 2.66. The van der Waals surface area contributed by atoms with Crippen LogP contribution < -0.4 is 0 Å². The lowest BCUT2D eigenvalue weighted by atomic mass is 10.2. The summed E-state index contributed by atoms with van der Waals surface area (Å²) >= 11 is 1.82. The Morgan fingerprint density at radius 2 is 2.64 bits per heavy atom. The second-order valence-corrected chi connectivity index (χ2v) is 3.88. The molecule has 0 aromatic carbocycles. The van der Waals surface area contributed by atoms with Crippen molar-refractivity contribution in [3.63, 3.8) is 0 Å². The molecule has 0 amide bonds. The number of rotatable bonds is 1. The molecule has 11 heavy (non-hydrogen) atoms. The van der Waals surface area contributed by atoms with Crippen LogP contribution in [0.1, 0.15) is 6.42 Å². The van der Waals surface area contributed by atoms with E-state index in [1.165, 1.54) is 0 Å². The van der Waals surface area contributed by atoms with E-state index in [-0.39, 0.29) is 0 Å². The molecule has 2 aliphatic rings. The first-order valence-electron chi connectivity index (χ1n) is 3.61. The molecule has 0 aromatic rings. The molecule has 0 aromatic heterocycles. The number of nitrogens with zero attached hydrogens (tertiary/aromatic N) is 1. The minimum Gasteiger partial charge on any atom is -0.477 e. The van der Waals surface area contributed by atoms with E-state index < -0.39 is 5.97 Å². The van der Waals surface area contributed by atoms with Crippen LogP contribution in [0.3, 0.4) is 0 Å². The predicted molar refractivity (Wildman–Crippen MR) is 43.3 cm³/mol. The summed E-state index contributed by atoms with van der Waals surface area (Å²) in [7, 11) is 0. The van der Waals surface area contributed by atoms with Crippen LogP contribution in [0.15, 0.2) is 11.8 Å². The van der Waals surface area contributed by atoms with Gasteiger partial charge in [0.05, 0.1) is 5.37 Å². The molecule has 0 radical (unpaired) electrons. The molecule has 2 heterocycles. The number of carboxylic acids is 1. The van der Waals surface area contributed by atoms with Crippen LogP contribution in [-0.4, -0.2) is 33.6 Å². The van der Waals surface area contributed by atoms with E-state index >= 15 is 0 Å². The topological polar surface area (TPSA) is 40.5 Å². The number of hydrogen-bond acceptors (Lipinski definition) is 3. The molecule has 1 atom stereocenters. The van der Waals surface area contributed by atoms with Gasteiger partial charge in [-0.15, -0.1) is 11.8 Å². The normalized spacial score (nSPS) is 28.5. The summed E-state index contributed by atoms with van der Waals surface area (Å²) in [5, 5.41) is 9.19. The Morgan fingerprint density at radius 1 is 1.82 bits per heavy atom. The van der Waals surface area contributed by atoms with Gasteiger partial charge in [0.25, 0.3) is 0 Å². The van der Waals surface area contributed by atoms with Crippen molar-refractivity contribution in [2.45, 2.75) is 11.8 Å². The smallest absolute Gasteiger partial charge is 0.351 e. The molecule has 0 bridgehead atoms. The van der Waals surface area contributed by atoms with Crippen molar-refractivity contribution in [2.24, 2.45) is 0 Å². The molecule has 1 saturated heterocycles. The van der Waals surface area contributed by atoms with Gasteiger partial charge in [0.15, 0.2) is 0 Å². The highest BCUT2D eigenvalue weighted by Crippen LogP contribution is 2.35. The summed E-state index contributed by atoms with van der Waals surface area (Å²) in [4.78, 5) is 12.6. The zero-order chi connectivity index (χ0) is 7.84. The molecule has 1 N–H and O–H groups in total. The maximum atomic E-state index is 10.6. The van der Waals surface area contributed by atoms with Gasteiger partial charge < -0.3 is 10.0 Å². The Morgan fingerprint density at radius 3 is 3.09 bits per heavy atom. The van der Waals surface area contributed by atoms with Crippen molar-refractivity contribution in [1.82, 2.24) is 4.90 Å². The van der Waals surface area contributed by atoms with E-state index in [1.807, 2.05) is 16.7 Å². The zero-order valence-electron chi connectivity index (χ0n) is 5.99. The fraction of sp³-hybridized carbons (Fsp3) is 0.571. The molecule has 0 spiro atoms. The van der Waals surface area contributed by atoms with Gasteiger partial charge in [0.2, 0.25) is 0 Å². The lowest BCUT2D eigenvalue weighted by Crippen LogP contribution is -2.48. The van der Waals surface area contributed by atoms with Gasteiger partial charge in [0, 0.05) is 12.3 Å². The van der Waals surface area contributed by atoms with Gasteiger partial charge in [-0.1, -0.05) is 0 Å². The van der Waals surface area contributed by atoms with Crippen molar-refractivity contribution >= 4 is 17.7 Å². The summed E-state index contributed by atoms with van der Waals surface area (Å²) in [6, 6.07) is 0. The summed E-state index contributed by atoms with van der Waals surface area (Å²) in [5.41, 5.74) is 0.500. The van der Waals surface area contributed by atoms with E-state index in [0.29, 0.717) is 11.1 Å². The van der Waals surface area contributed by atoms with Gasteiger partial charge in [-0.05, 0) is 12.5 Å². The zero-order valence-corrected chi connectivity index (χ0v) is 6.80. The summed E-state index contributed by atoms with van der Waals surface area (Å²) in [6.07, 6.45) is 2.93. The third kappa shape index (κ3) is 1.01. The molecule has 0 unspecified atom stereocenters. The first-order chi connectivity index (χ1) is 5.29. The first-order valence-corrected chi connectivity index (χ1v) is 4.65. The van der Waals surface area contributed by atoms with Crippen molar-refractivity contribution < 1.29 is 9.90 Å². The van der Waals surface area contributed by atoms with Crippen molar-refractivity contribution in [2.75, 3.05) is 12.3 Å². The number of thioether (sulfide) groups is 1.